The fourth-order valence-corrected chi connectivity index (χ4v) is 4.14. The quantitative estimate of drug-likeness (QED) is 0.816. The molecule has 2 heterocycles. The van der Waals surface area contributed by atoms with Gasteiger partial charge in [-0.05, 0) is 41.8 Å². The third-order valence-corrected chi connectivity index (χ3v) is 5.25. The highest BCUT2D eigenvalue weighted by atomic mass is 79.9. The molecule has 1 aromatic heterocycles. The van der Waals surface area contributed by atoms with E-state index >= 15 is 0 Å². The van der Waals surface area contributed by atoms with Crippen LogP contribution in [-0.4, -0.2) is 35.5 Å². The lowest BCUT2D eigenvalue weighted by atomic mass is 9.89. The molecule has 4 nitrogen and oxygen atoms in total. The number of hydrogen-bond donors (Lipinski definition) is 2. The second-order valence-corrected chi connectivity index (χ2v) is 6.72. The molecule has 108 valence electrons. The van der Waals surface area contributed by atoms with Gasteiger partial charge in [-0.25, -0.2) is 0 Å². The SMILES string of the molecule is CC(=O)O.Cc1sc(C)c([C@H]2CCOC[C@H]2O)c1Br. The highest BCUT2D eigenvalue weighted by Gasteiger charge is 2.29. The van der Waals surface area contributed by atoms with Crippen LogP contribution in [0.5, 0.6) is 0 Å². The Morgan fingerprint density at radius 1 is 1.42 bits per heavy atom. The second kappa shape index (κ2) is 7.38. The summed E-state index contributed by atoms with van der Waals surface area (Å²) in [7, 11) is 0. The number of aliphatic carboxylic acids is 1. The van der Waals surface area contributed by atoms with Crippen molar-refractivity contribution >= 4 is 33.2 Å². The average Bonchev–Trinajstić information content (AvgIpc) is 2.54. The van der Waals surface area contributed by atoms with Crippen molar-refractivity contribution in [3.8, 4) is 0 Å². The largest absolute Gasteiger partial charge is 0.481 e. The third-order valence-electron chi connectivity index (χ3n) is 2.93. The Labute approximate surface area is 125 Å². The maximum absolute atomic E-state index is 9.94. The molecular weight excluding hydrogens is 332 g/mol. The molecule has 0 saturated carbocycles. The number of aliphatic hydroxyl groups excluding tert-OH is 1. The lowest BCUT2D eigenvalue weighted by Crippen LogP contribution is -2.30. The summed E-state index contributed by atoms with van der Waals surface area (Å²) in [5.74, 6) is -0.599. The molecule has 0 bridgehead atoms. The van der Waals surface area contributed by atoms with Crippen LogP contribution in [0.15, 0.2) is 4.47 Å². The molecule has 2 N–H and O–H groups in total. The second-order valence-electron chi connectivity index (χ2n) is 4.50. The number of hydrogen-bond acceptors (Lipinski definition) is 4. The first kappa shape index (κ1) is 16.6. The number of carboxylic acid groups (broad SMARTS) is 1. The zero-order valence-corrected chi connectivity index (χ0v) is 13.7. The number of aliphatic hydroxyl groups is 1. The van der Waals surface area contributed by atoms with E-state index in [1.54, 1.807) is 11.3 Å². The zero-order valence-electron chi connectivity index (χ0n) is 11.3. The molecule has 6 heteroatoms. The minimum atomic E-state index is -0.833. The van der Waals surface area contributed by atoms with Gasteiger partial charge in [-0.2, -0.15) is 0 Å². The van der Waals surface area contributed by atoms with Crippen LogP contribution in [0.2, 0.25) is 0 Å². The van der Waals surface area contributed by atoms with E-state index in [4.69, 9.17) is 14.6 Å². The number of carbonyl (C=O) groups is 1. The van der Waals surface area contributed by atoms with Crippen LogP contribution < -0.4 is 0 Å². The average molecular weight is 351 g/mol. The molecular formula is C13H19BrO4S. The third kappa shape index (κ3) is 4.56. The predicted octanol–water partition coefficient (Wildman–Crippen LogP) is 3.08. The molecule has 2 atom stereocenters. The van der Waals surface area contributed by atoms with Gasteiger partial charge in [0, 0.05) is 33.7 Å². The molecule has 1 fully saturated rings. The van der Waals surface area contributed by atoms with Crippen molar-refractivity contribution in [1.82, 2.24) is 0 Å². The topological polar surface area (TPSA) is 66.8 Å². The number of ether oxygens (including phenoxy) is 1. The number of aryl methyl sites for hydroxylation is 2. The van der Waals surface area contributed by atoms with Crippen molar-refractivity contribution in [2.75, 3.05) is 13.2 Å². The van der Waals surface area contributed by atoms with E-state index in [1.165, 1.54) is 19.8 Å². The van der Waals surface area contributed by atoms with Crippen molar-refractivity contribution in [2.45, 2.75) is 39.2 Å². The Bertz CT molecular complexity index is 440. The van der Waals surface area contributed by atoms with Gasteiger partial charge < -0.3 is 14.9 Å². The maximum Gasteiger partial charge on any atom is 0.300 e. The normalized spacial score (nSPS) is 22.6. The van der Waals surface area contributed by atoms with Crippen molar-refractivity contribution in [2.24, 2.45) is 0 Å². The highest BCUT2D eigenvalue weighted by molar-refractivity contribution is 9.10. The molecule has 1 aliphatic heterocycles. The van der Waals surface area contributed by atoms with Gasteiger partial charge in [-0.15, -0.1) is 11.3 Å². The fraction of sp³-hybridized carbons (Fsp3) is 0.615. The van der Waals surface area contributed by atoms with Gasteiger partial charge in [-0.3, -0.25) is 4.79 Å². The smallest absolute Gasteiger partial charge is 0.300 e. The predicted molar refractivity (Wildman–Crippen MR) is 79.0 cm³/mol. The molecule has 0 spiro atoms. The minimum absolute atomic E-state index is 0.234. The van der Waals surface area contributed by atoms with Crippen LogP contribution in [0.1, 0.15) is 34.6 Å². The van der Waals surface area contributed by atoms with Gasteiger partial charge >= 0.3 is 0 Å². The van der Waals surface area contributed by atoms with E-state index in [-0.39, 0.29) is 12.0 Å². The molecule has 0 aliphatic carbocycles. The zero-order chi connectivity index (χ0) is 14.6. The van der Waals surface area contributed by atoms with Crippen molar-refractivity contribution in [3.63, 3.8) is 0 Å². The van der Waals surface area contributed by atoms with E-state index in [1.807, 2.05) is 0 Å². The molecule has 1 saturated heterocycles. The van der Waals surface area contributed by atoms with Gasteiger partial charge in [-0.1, -0.05) is 0 Å². The van der Waals surface area contributed by atoms with Crippen LogP contribution in [0.25, 0.3) is 0 Å². The molecule has 0 radical (unpaired) electrons. The first-order chi connectivity index (χ1) is 8.84. The summed E-state index contributed by atoms with van der Waals surface area (Å²) in [5, 5.41) is 17.4. The number of carboxylic acids is 1. The summed E-state index contributed by atoms with van der Waals surface area (Å²) >= 11 is 5.42. The van der Waals surface area contributed by atoms with Crippen molar-refractivity contribution < 1.29 is 19.7 Å². The Morgan fingerprint density at radius 3 is 2.42 bits per heavy atom. The highest BCUT2D eigenvalue weighted by Crippen LogP contribution is 2.40. The van der Waals surface area contributed by atoms with Gasteiger partial charge in [0.2, 0.25) is 0 Å². The summed E-state index contributed by atoms with van der Waals surface area (Å²) < 4.78 is 6.43. The minimum Gasteiger partial charge on any atom is -0.481 e. The van der Waals surface area contributed by atoms with E-state index in [9.17, 15) is 5.11 Å². The van der Waals surface area contributed by atoms with E-state index in [2.05, 4.69) is 29.8 Å². The molecule has 1 aliphatic rings. The first-order valence-corrected chi connectivity index (χ1v) is 7.66. The lowest BCUT2D eigenvalue weighted by molar-refractivity contribution is -0.134. The number of halogens is 1. The molecule has 19 heavy (non-hydrogen) atoms. The number of rotatable bonds is 1. The number of thiophene rings is 1. The summed E-state index contributed by atoms with van der Waals surface area (Å²) in [4.78, 5) is 11.6. The lowest BCUT2D eigenvalue weighted by Gasteiger charge is -2.28. The maximum atomic E-state index is 9.94. The van der Waals surface area contributed by atoms with Gasteiger partial charge in [0.05, 0.1) is 12.7 Å². The summed E-state index contributed by atoms with van der Waals surface area (Å²) in [5.41, 5.74) is 1.29. The van der Waals surface area contributed by atoms with Gasteiger partial charge in [0.15, 0.2) is 0 Å². The Hall–Kier alpha value is -0.430. The van der Waals surface area contributed by atoms with Crippen LogP contribution in [-0.2, 0) is 9.53 Å². The van der Waals surface area contributed by atoms with Crippen LogP contribution in [0, 0.1) is 13.8 Å². The van der Waals surface area contributed by atoms with Crippen molar-refractivity contribution in [3.05, 3.63) is 19.8 Å². The Morgan fingerprint density at radius 2 is 2.00 bits per heavy atom. The molecule has 2 rings (SSSR count). The summed E-state index contributed by atoms with van der Waals surface area (Å²) in [6, 6.07) is 0. The van der Waals surface area contributed by atoms with Gasteiger partial charge in [0.1, 0.15) is 0 Å². The Kier molecular flexibility index (Phi) is 6.46. The van der Waals surface area contributed by atoms with Crippen LogP contribution in [0.3, 0.4) is 0 Å². The molecule has 0 amide bonds. The first-order valence-electron chi connectivity index (χ1n) is 6.05. The fourth-order valence-electron chi connectivity index (χ4n) is 2.16. The standard InChI is InChI=1S/C11H15BrO2S.C2H4O2/c1-6-10(11(12)7(2)15-6)8-3-4-14-5-9(8)13;1-2(3)4/h8-9,13H,3-5H2,1-2H3;1H3,(H,3,4)/t8-,9+;/m0./s1. The van der Waals surface area contributed by atoms with E-state index in [0.717, 1.165) is 20.0 Å². The molecule has 0 aromatic carbocycles. The van der Waals surface area contributed by atoms with Gasteiger partial charge in [0.25, 0.3) is 5.97 Å². The van der Waals surface area contributed by atoms with E-state index < -0.39 is 5.97 Å². The molecule has 0 unspecified atom stereocenters. The summed E-state index contributed by atoms with van der Waals surface area (Å²) in [6.45, 7) is 6.53. The van der Waals surface area contributed by atoms with Crippen LogP contribution >= 0.6 is 27.3 Å². The molecule has 1 aromatic rings. The monoisotopic (exact) mass is 350 g/mol. The van der Waals surface area contributed by atoms with Crippen molar-refractivity contribution in [1.29, 1.82) is 0 Å². The summed E-state index contributed by atoms with van der Waals surface area (Å²) in [6.07, 6.45) is 0.555. The Balaban J connectivity index is 0.000000399. The van der Waals surface area contributed by atoms with E-state index in [0.29, 0.717) is 6.61 Å². The van der Waals surface area contributed by atoms with Crippen LogP contribution in [0.4, 0.5) is 0 Å².